The zero-order valence-corrected chi connectivity index (χ0v) is 9.52. The largest absolute Gasteiger partial charge is 0.481 e. The summed E-state index contributed by atoms with van der Waals surface area (Å²) in [6.45, 7) is 5.73. The minimum absolute atomic E-state index is 0.180. The van der Waals surface area contributed by atoms with Crippen LogP contribution in [0.4, 0.5) is 0 Å². The van der Waals surface area contributed by atoms with Crippen molar-refractivity contribution in [2.24, 2.45) is 5.92 Å². The molecule has 1 saturated heterocycles. The maximum atomic E-state index is 10.4. The van der Waals surface area contributed by atoms with Crippen molar-refractivity contribution in [2.45, 2.75) is 45.3 Å². The fourth-order valence-corrected chi connectivity index (χ4v) is 2.10. The fourth-order valence-electron chi connectivity index (χ4n) is 2.10. The Morgan fingerprint density at radius 3 is 2.73 bits per heavy atom. The second-order valence-electron chi connectivity index (χ2n) is 4.56. The highest BCUT2D eigenvalue weighted by Gasteiger charge is 2.27. The van der Waals surface area contributed by atoms with Crippen molar-refractivity contribution in [3.63, 3.8) is 0 Å². The van der Waals surface area contributed by atoms with Crippen molar-refractivity contribution in [1.29, 1.82) is 0 Å². The third-order valence-electron chi connectivity index (χ3n) is 3.36. The molecule has 0 aromatic rings. The summed E-state index contributed by atoms with van der Waals surface area (Å²) < 4.78 is 0. The quantitative estimate of drug-likeness (QED) is 0.716. The first kappa shape index (κ1) is 12.5. The highest BCUT2D eigenvalue weighted by molar-refractivity contribution is 5.66. The fraction of sp³-hybridized carbons (Fsp3) is 0.909. The highest BCUT2D eigenvalue weighted by atomic mass is 16.4. The van der Waals surface area contributed by atoms with E-state index in [0.717, 1.165) is 25.9 Å². The first-order valence-electron chi connectivity index (χ1n) is 5.64. The topological polar surface area (TPSA) is 60.8 Å². The van der Waals surface area contributed by atoms with Gasteiger partial charge in [-0.05, 0) is 39.2 Å². The van der Waals surface area contributed by atoms with E-state index in [1.165, 1.54) is 0 Å². The highest BCUT2D eigenvalue weighted by Crippen LogP contribution is 2.23. The molecule has 4 heteroatoms. The number of carboxylic acids is 1. The van der Waals surface area contributed by atoms with E-state index in [2.05, 4.69) is 4.90 Å². The van der Waals surface area contributed by atoms with Gasteiger partial charge in [-0.3, -0.25) is 9.69 Å². The van der Waals surface area contributed by atoms with Crippen LogP contribution in [0.3, 0.4) is 0 Å². The Labute approximate surface area is 90.9 Å². The maximum absolute atomic E-state index is 10.4. The molecule has 2 N–H and O–H groups in total. The average molecular weight is 215 g/mol. The van der Waals surface area contributed by atoms with E-state index in [1.54, 1.807) is 6.92 Å². The molecule has 0 bridgehead atoms. The van der Waals surface area contributed by atoms with Crippen LogP contribution in [0.15, 0.2) is 0 Å². The molecule has 1 fully saturated rings. The Hall–Kier alpha value is -0.610. The molecule has 1 aliphatic rings. The van der Waals surface area contributed by atoms with Crippen molar-refractivity contribution in [3.05, 3.63) is 0 Å². The number of nitrogens with zero attached hydrogens (tertiary/aromatic N) is 1. The van der Waals surface area contributed by atoms with Crippen molar-refractivity contribution in [1.82, 2.24) is 4.90 Å². The van der Waals surface area contributed by atoms with Gasteiger partial charge in [0.1, 0.15) is 0 Å². The number of hydrogen-bond donors (Lipinski definition) is 2. The van der Waals surface area contributed by atoms with E-state index in [1.807, 2.05) is 6.92 Å². The molecule has 3 unspecified atom stereocenters. The molecule has 0 spiro atoms. The number of aliphatic hydroxyl groups is 1. The lowest BCUT2D eigenvalue weighted by molar-refractivity contribution is -0.137. The second-order valence-corrected chi connectivity index (χ2v) is 4.56. The molecule has 1 rings (SSSR count). The summed E-state index contributed by atoms with van der Waals surface area (Å²) in [6.07, 6.45) is 1.77. The van der Waals surface area contributed by atoms with Gasteiger partial charge in [-0.1, -0.05) is 0 Å². The van der Waals surface area contributed by atoms with Crippen molar-refractivity contribution >= 4 is 5.97 Å². The van der Waals surface area contributed by atoms with Gasteiger partial charge in [-0.2, -0.15) is 0 Å². The molecule has 3 atom stereocenters. The van der Waals surface area contributed by atoms with Crippen LogP contribution >= 0.6 is 0 Å². The lowest BCUT2D eigenvalue weighted by atomic mass is 10.0. The smallest absolute Gasteiger partial charge is 0.303 e. The number of aliphatic hydroxyl groups excluding tert-OH is 1. The molecular formula is C11H21NO3. The van der Waals surface area contributed by atoms with Crippen LogP contribution in [0.1, 0.15) is 33.1 Å². The molecule has 1 heterocycles. The number of aliphatic carboxylic acids is 1. The van der Waals surface area contributed by atoms with Gasteiger partial charge >= 0.3 is 5.97 Å². The summed E-state index contributed by atoms with van der Waals surface area (Å²) >= 11 is 0. The first-order valence-corrected chi connectivity index (χ1v) is 5.64. The van der Waals surface area contributed by atoms with Crippen molar-refractivity contribution in [2.75, 3.05) is 13.1 Å². The van der Waals surface area contributed by atoms with Crippen LogP contribution in [0.25, 0.3) is 0 Å². The number of carbonyl (C=O) groups is 1. The molecule has 0 aromatic carbocycles. The molecule has 0 aromatic heterocycles. The van der Waals surface area contributed by atoms with Gasteiger partial charge in [0.15, 0.2) is 0 Å². The van der Waals surface area contributed by atoms with Crippen molar-refractivity contribution in [3.8, 4) is 0 Å². The standard InChI is InChI=1S/C11H21NO3/c1-8(9(2)13)12-6-5-10(7-12)3-4-11(14)15/h8-10,13H,3-7H2,1-2H3,(H,14,15). The summed E-state index contributed by atoms with van der Waals surface area (Å²) in [5, 5.41) is 18.0. The third kappa shape index (κ3) is 3.80. The maximum Gasteiger partial charge on any atom is 0.303 e. The van der Waals surface area contributed by atoms with Gasteiger partial charge in [0.05, 0.1) is 6.10 Å². The number of likely N-dealkylation sites (tertiary alicyclic amines) is 1. The Kier molecular flexibility index (Phi) is 4.54. The predicted molar refractivity (Wildman–Crippen MR) is 57.7 cm³/mol. The van der Waals surface area contributed by atoms with Crippen LogP contribution in [0, 0.1) is 5.92 Å². The molecule has 0 amide bonds. The average Bonchev–Trinajstić information content (AvgIpc) is 2.61. The Balaban J connectivity index is 2.29. The third-order valence-corrected chi connectivity index (χ3v) is 3.36. The van der Waals surface area contributed by atoms with Crippen LogP contribution < -0.4 is 0 Å². The van der Waals surface area contributed by atoms with Crippen LogP contribution in [-0.2, 0) is 4.79 Å². The minimum atomic E-state index is -0.711. The number of carboxylic acid groups (broad SMARTS) is 1. The summed E-state index contributed by atoms with van der Waals surface area (Å²) in [5.74, 6) is -0.223. The summed E-state index contributed by atoms with van der Waals surface area (Å²) in [6, 6.07) is 0.180. The molecule has 0 radical (unpaired) electrons. The Morgan fingerprint density at radius 2 is 2.20 bits per heavy atom. The Bertz CT molecular complexity index is 218. The van der Waals surface area contributed by atoms with Gasteiger partial charge in [0, 0.05) is 19.0 Å². The van der Waals surface area contributed by atoms with Crippen molar-refractivity contribution < 1.29 is 15.0 Å². The van der Waals surface area contributed by atoms with E-state index in [0.29, 0.717) is 5.92 Å². The molecule has 4 nitrogen and oxygen atoms in total. The minimum Gasteiger partial charge on any atom is -0.481 e. The van der Waals surface area contributed by atoms with Crippen LogP contribution in [0.2, 0.25) is 0 Å². The Morgan fingerprint density at radius 1 is 1.53 bits per heavy atom. The predicted octanol–water partition coefficient (Wildman–Crippen LogP) is 0.942. The second kappa shape index (κ2) is 5.47. The van der Waals surface area contributed by atoms with Gasteiger partial charge in [-0.15, -0.1) is 0 Å². The molecular weight excluding hydrogens is 194 g/mol. The number of hydrogen-bond acceptors (Lipinski definition) is 3. The zero-order valence-electron chi connectivity index (χ0n) is 9.52. The van der Waals surface area contributed by atoms with E-state index >= 15 is 0 Å². The summed E-state index contributed by atoms with van der Waals surface area (Å²) in [7, 11) is 0. The van der Waals surface area contributed by atoms with Gasteiger partial charge in [0.2, 0.25) is 0 Å². The summed E-state index contributed by atoms with van der Waals surface area (Å²) in [5.41, 5.74) is 0. The molecule has 0 saturated carbocycles. The summed E-state index contributed by atoms with van der Waals surface area (Å²) in [4.78, 5) is 12.7. The van der Waals surface area contributed by atoms with E-state index in [4.69, 9.17) is 5.11 Å². The van der Waals surface area contributed by atoms with Gasteiger partial charge < -0.3 is 10.2 Å². The molecule has 88 valence electrons. The number of rotatable bonds is 5. The lowest BCUT2D eigenvalue weighted by Gasteiger charge is -2.26. The lowest BCUT2D eigenvalue weighted by Crippen LogP contribution is -2.38. The van der Waals surface area contributed by atoms with E-state index in [9.17, 15) is 9.90 Å². The zero-order chi connectivity index (χ0) is 11.4. The normalized spacial score (nSPS) is 26.5. The van der Waals surface area contributed by atoms with E-state index in [-0.39, 0.29) is 18.6 Å². The molecule has 15 heavy (non-hydrogen) atoms. The van der Waals surface area contributed by atoms with Crippen LogP contribution in [0.5, 0.6) is 0 Å². The van der Waals surface area contributed by atoms with Gasteiger partial charge in [-0.25, -0.2) is 0 Å². The molecule has 0 aliphatic carbocycles. The van der Waals surface area contributed by atoms with Gasteiger partial charge in [0.25, 0.3) is 0 Å². The molecule has 1 aliphatic heterocycles. The van der Waals surface area contributed by atoms with Crippen LogP contribution in [-0.4, -0.2) is 46.3 Å². The monoisotopic (exact) mass is 215 g/mol. The van der Waals surface area contributed by atoms with E-state index < -0.39 is 5.97 Å². The first-order chi connectivity index (χ1) is 7.00. The SMILES string of the molecule is CC(O)C(C)N1CCC(CCC(=O)O)C1.